The molecule has 100 valence electrons. The third-order valence-electron chi connectivity index (χ3n) is 3.11. The largest absolute Gasteiger partial charge is 0.374 e. The van der Waals surface area contributed by atoms with E-state index in [-0.39, 0.29) is 11.9 Å². The lowest BCUT2D eigenvalue weighted by Crippen LogP contribution is -2.48. The summed E-state index contributed by atoms with van der Waals surface area (Å²) in [7, 11) is 0. The second kappa shape index (κ2) is 6.33. The topological polar surface area (TPSA) is 12.5 Å². The van der Waals surface area contributed by atoms with Crippen LogP contribution in [-0.4, -0.2) is 36.1 Å². The lowest BCUT2D eigenvalue weighted by Gasteiger charge is -2.37. The third kappa shape index (κ3) is 3.67. The predicted octanol–water partition coefficient (Wildman–Crippen LogP) is 3.42. The van der Waals surface area contributed by atoms with Crippen molar-refractivity contribution in [1.82, 2.24) is 4.90 Å². The van der Waals surface area contributed by atoms with Gasteiger partial charge in [-0.25, -0.2) is 4.39 Å². The van der Waals surface area contributed by atoms with Gasteiger partial charge in [0.2, 0.25) is 0 Å². The van der Waals surface area contributed by atoms with Gasteiger partial charge in [-0.15, -0.1) is 11.6 Å². The minimum absolute atomic E-state index is 0.0693. The van der Waals surface area contributed by atoms with Crippen molar-refractivity contribution in [2.24, 2.45) is 0 Å². The summed E-state index contributed by atoms with van der Waals surface area (Å²) >= 11 is 9.14. The van der Waals surface area contributed by atoms with Crippen molar-refractivity contribution in [3.05, 3.63) is 34.1 Å². The Morgan fingerprint density at radius 3 is 2.94 bits per heavy atom. The molecule has 0 radical (unpaired) electrons. The Hall–Kier alpha value is -0.160. The second-order valence-electron chi connectivity index (χ2n) is 4.67. The highest BCUT2D eigenvalue weighted by atomic mass is 79.9. The van der Waals surface area contributed by atoms with Crippen molar-refractivity contribution >= 4 is 27.5 Å². The molecule has 2 atom stereocenters. The summed E-state index contributed by atoms with van der Waals surface area (Å²) in [5.74, 6) is 0.282. The van der Waals surface area contributed by atoms with Crippen molar-refractivity contribution in [3.63, 3.8) is 0 Å². The van der Waals surface area contributed by atoms with E-state index in [9.17, 15) is 4.39 Å². The molecule has 1 aromatic carbocycles. The van der Waals surface area contributed by atoms with Gasteiger partial charge in [0.1, 0.15) is 5.82 Å². The Bertz CT molecular complexity index is 398. The molecule has 0 bridgehead atoms. The molecule has 0 aliphatic carbocycles. The van der Waals surface area contributed by atoms with E-state index in [1.54, 1.807) is 6.07 Å². The SMILES string of the molecule is CC1COC(CCl)CN1Cc1cc(F)cc(Br)c1. The lowest BCUT2D eigenvalue weighted by molar-refractivity contribution is -0.0510. The quantitative estimate of drug-likeness (QED) is 0.784. The zero-order valence-corrected chi connectivity index (χ0v) is 12.5. The van der Waals surface area contributed by atoms with E-state index >= 15 is 0 Å². The van der Waals surface area contributed by atoms with Gasteiger partial charge in [-0.05, 0) is 30.7 Å². The average Bonchev–Trinajstić information content (AvgIpc) is 2.30. The van der Waals surface area contributed by atoms with Crippen LogP contribution in [0.5, 0.6) is 0 Å². The number of alkyl halides is 1. The number of morpholine rings is 1. The number of nitrogens with zero attached hydrogens (tertiary/aromatic N) is 1. The van der Waals surface area contributed by atoms with E-state index in [4.69, 9.17) is 16.3 Å². The van der Waals surface area contributed by atoms with E-state index in [1.807, 2.05) is 6.07 Å². The van der Waals surface area contributed by atoms with Gasteiger partial charge in [-0.3, -0.25) is 4.90 Å². The Morgan fingerprint density at radius 2 is 2.28 bits per heavy atom. The Balaban J connectivity index is 2.06. The fourth-order valence-corrected chi connectivity index (χ4v) is 2.82. The van der Waals surface area contributed by atoms with Crippen molar-refractivity contribution < 1.29 is 9.13 Å². The van der Waals surface area contributed by atoms with E-state index in [0.29, 0.717) is 25.1 Å². The van der Waals surface area contributed by atoms with Crippen LogP contribution in [0.3, 0.4) is 0 Å². The molecule has 0 N–H and O–H groups in total. The first-order chi connectivity index (χ1) is 8.58. The van der Waals surface area contributed by atoms with Crippen LogP contribution in [0.15, 0.2) is 22.7 Å². The van der Waals surface area contributed by atoms with E-state index < -0.39 is 0 Å². The summed E-state index contributed by atoms with van der Waals surface area (Å²) in [5, 5.41) is 0. The van der Waals surface area contributed by atoms with Gasteiger partial charge in [-0.1, -0.05) is 15.9 Å². The van der Waals surface area contributed by atoms with Crippen molar-refractivity contribution in [2.45, 2.75) is 25.6 Å². The third-order valence-corrected chi connectivity index (χ3v) is 3.92. The zero-order valence-electron chi connectivity index (χ0n) is 10.2. The van der Waals surface area contributed by atoms with Crippen LogP contribution in [0.25, 0.3) is 0 Å². The molecule has 1 aliphatic rings. The van der Waals surface area contributed by atoms with Gasteiger partial charge < -0.3 is 4.74 Å². The lowest BCUT2D eigenvalue weighted by atomic mass is 10.1. The van der Waals surface area contributed by atoms with Crippen LogP contribution in [0.4, 0.5) is 4.39 Å². The smallest absolute Gasteiger partial charge is 0.124 e. The zero-order chi connectivity index (χ0) is 13.1. The first-order valence-corrected chi connectivity index (χ1v) is 7.28. The Labute approximate surface area is 120 Å². The first kappa shape index (κ1) is 14.3. The standard InChI is InChI=1S/C13H16BrClFNO/c1-9-8-18-13(5-15)7-17(9)6-10-2-11(14)4-12(16)3-10/h2-4,9,13H,5-8H2,1H3. The van der Waals surface area contributed by atoms with Crippen LogP contribution >= 0.6 is 27.5 Å². The van der Waals surface area contributed by atoms with Crippen LogP contribution in [0, 0.1) is 5.82 Å². The molecule has 2 nitrogen and oxygen atoms in total. The maximum absolute atomic E-state index is 13.3. The molecule has 2 unspecified atom stereocenters. The van der Waals surface area contributed by atoms with Gasteiger partial charge in [-0.2, -0.15) is 0 Å². The number of halogens is 3. The minimum Gasteiger partial charge on any atom is -0.374 e. The minimum atomic E-state index is -0.214. The van der Waals surface area contributed by atoms with Gasteiger partial charge >= 0.3 is 0 Å². The molecule has 0 saturated carbocycles. The number of rotatable bonds is 3. The normalized spacial score (nSPS) is 25.3. The van der Waals surface area contributed by atoms with Crippen LogP contribution < -0.4 is 0 Å². The number of hydrogen-bond acceptors (Lipinski definition) is 2. The molecule has 1 fully saturated rings. The molecule has 0 spiro atoms. The summed E-state index contributed by atoms with van der Waals surface area (Å²) in [5.41, 5.74) is 0.962. The molecular formula is C13H16BrClFNO. The Morgan fingerprint density at radius 1 is 1.50 bits per heavy atom. The van der Waals surface area contributed by atoms with Crippen LogP contribution in [-0.2, 0) is 11.3 Å². The highest BCUT2D eigenvalue weighted by Gasteiger charge is 2.25. The van der Waals surface area contributed by atoms with Gasteiger partial charge in [0.25, 0.3) is 0 Å². The molecule has 1 heterocycles. The first-order valence-electron chi connectivity index (χ1n) is 5.95. The van der Waals surface area contributed by atoms with Gasteiger partial charge in [0.05, 0.1) is 12.7 Å². The molecule has 0 aromatic heterocycles. The van der Waals surface area contributed by atoms with Crippen LogP contribution in [0.2, 0.25) is 0 Å². The summed E-state index contributed by atoms with van der Waals surface area (Å²) in [4.78, 5) is 2.28. The molecule has 18 heavy (non-hydrogen) atoms. The number of ether oxygens (including phenoxy) is 1. The Kier molecular flexibility index (Phi) is 5.01. The summed E-state index contributed by atoms with van der Waals surface area (Å²) in [6.45, 7) is 4.29. The van der Waals surface area contributed by atoms with Gasteiger partial charge in [0, 0.05) is 29.5 Å². The van der Waals surface area contributed by atoms with Crippen molar-refractivity contribution in [1.29, 1.82) is 0 Å². The van der Waals surface area contributed by atoms with E-state index in [1.165, 1.54) is 6.07 Å². The van der Waals surface area contributed by atoms with E-state index in [0.717, 1.165) is 16.6 Å². The monoisotopic (exact) mass is 335 g/mol. The van der Waals surface area contributed by atoms with Gasteiger partial charge in [0.15, 0.2) is 0 Å². The molecule has 2 rings (SSSR count). The highest BCUT2D eigenvalue weighted by molar-refractivity contribution is 9.10. The molecule has 1 saturated heterocycles. The maximum Gasteiger partial charge on any atom is 0.124 e. The molecule has 1 aromatic rings. The molecule has 1 aliphatic heterocycles. The van der Waals surface area contributed by atoms with Crippen molar-refractivity contribution in [3.8, 4) is 0 Å². The molecular weight excluding hydrogens is 321 g/mol. The predicted molar refractivity (Wildman–Crippen MR) is 74.4 cm³/mol. The molecule has 5 heteroatoms. The molecule has 0 amide bonds. The fourth-order valence-electron chi connectivity index (χ4n) is 2.13. The highest BCUT2D eigenvalue weighted by Crippen LogP contribution is 2.20. The summed E-state index contributed by atoms with van der Waals surface area (Å²) < 4.78 is 19.7. The summed E-state index contributed by atoms with van der Waals surface area (Å²) in [6.07, 6.45) is 0.0693. The second-order valence-corrected chi connectivity index (χ2v) is 5.89. The average molecular weight is 337 g/mol. The van der Waals surface area contributed by atoms with E-state index in [2.05, 4.69) is 27.8 Å². The van der Waals surface area contributed by atoms with Crippen molar-refractivity contribution in [2.75, 3.05) is 19.0 Å². The maximum atomic E-state index is 13.3. The fraction of sp³-hybridized carbons (Fsp3) is 0.538. The summed E-state index contributed by atoms with van der Waals surface area (Å²) in [6, 6.07) is 5.31. The number of hydrogen-bond donors (Lipinski definition) is 0. The number of benzene rings is 1. The van der Waals surface area contributed by atoms with Crippen LogP contribution in [0.1, 0.15) is 12.5 Å².